The van der Waals surface area contributed by atoms with Crippen molar-refractivity contribution in [1.82, 2.24) is 10.6 Å². The fourth-order valence-corrected chi connectivity index (χ4v) is 1.57. The first kappa shape index (κ1) is 12.2. The molecule has 1 aromatic carbocycles. The van der Waals surface area contributed by atoms with Crippen LogP contribution in [0.15, 0.2) is 30.3 Å². The molecule has 84 valence electrons. The maximum absolute atomic E-state index is 3.52. The van der Waals surface area contributed by atoms with Crippen molar-refractivity contribution in [1.29, 1.82) is 0 Å². The van der Waals surface area contributed by atoms with Gasteiger partial charge in [-0.1, -0.05) is 37.3 Å². The van der Waals surface area contributed by atoms with E-state index in [1.807, 2.05) is 0 Å². The predicted octanol–water partition coefficient (Wildman–Crippen LogP) is 2.34. The zero-order valence-corrected chi connectivity index (χ0v) is 9.79. The Kier molecular flexibility index (Phi) is 6.05. The molecule has 0 saturated carbocycles. The Morgan fingerprint density at radius 2 is 1.87 bits per heavy atom. The smallest absolute Gasteiger partial charge is 0.0291 e. The molecular formula is C13H22N2. The van der Waals surface area contributed by atoms with E-state index in [0.717, 1.165) is 19.6 Å². The first-order chi connectivity index (χ1) is 7.34. The Balaban J connectivity index is 2.16. The Morgan fingerprint density at radius 3 is 2.53 bits per heavy atom. The van der Waals surface area contributed by atoms with Gasteiger partial charge in [-0.15, -0.1) is 0 Å². The van der Waals surface area contributed by atoms with Crippen LogP contribution < -0.4 is 10.6 Å². The van der Waals surface area contributed by atoms with Gasteiger partial charge in [-0.2, -0.15) is 0 Å². The van der Waals surface area contributed by atoms with Gasteiger partial charge in [0.2, 0.25) is 0 Å². The van der Waals surface area contributed by atoms with Crippen LogP contribution in [0.3, 0.4) is 0 Å². The summed E-state index contributed by atoms with van der Waals surface area (Å²) >= 11 is 0. The molecule has 0 aliphatic heterocycles. The average Bonchev–Trinajstić information content (AvgIpc) is 2.30. The van der Waals surface area contributed by atoms with Crippen LogP contribution in [0, 0.1) is 0 Å². The van der Waals surface area contributed by atoms with Gasteiger partial charge in [0.1, 0.15) is 0 Å². The van der Waals surface area contributed by atoms with Gasteiger partial charge >= 0.3 is 0 Å². The Hall–Kier alpha value is -0.860. The van der Waals surface area contributed by atoms with E-state index in [-0.39, 0.29) is 0 Å². The standard InChI is InChI=1S/C13H22N2/c1-3-14-10-7-11-15-12(2)13-8-5-4-6-9-13/h4-6,8-9,12,14-15H,3,7,10-11H2,1-2H3. The van der Waals surface area contributed by atoms with Crippen molar-refractivity contribution in [2.24, 2.45) is 0 Å². The highest BCUT2D eigenvalue weighted by molar-refractivity contribution is 5.17. The highest BCUT2D eigenvalue weighted by Gasteiger charge is 2.01. The second-order valence-electron chi connectivity index (χ2n) is 3.79. The molecule has 2 nitrogen and oxygen atoms in total. The lowest BCUT2D eigenvalue weighted by atomic mass is 10.1. The molecule has 2 heteroatoms. The predicted molar refractivity (Wildman–Crippen MR) is 66.0 cm³/mol. The quantitative estimate of drug-likeness (QED) is 0.669. The molecule has 0 aromatic heterocycles. The molecule has 1 atom stereocenters. The summed E-state index contributed by atoms with van der Waals surface area (Å²) < 4.78 is 0. The molecule has 0 heterocycles. The maximum atomic E-state index is 3.52. The second-order valence-corrected chi connectivity index (χ2v) is 3.79. The highest BCUT2D eigenvalue weighted by atomic mass is 14.9. The highest BCUT2D eigenvalue weighted by Crippen LogP contribution is 2.10. The molecule has 0 radical (unpaired) electrons. The van der Waals surface area contributed by atoms with Crippen LogP contribution in [0.1, 0.15) is 31.9 Å². The minimum Gasteiger partial charge on any atom is -0.317 e. The third-order valence-electron chi connectivity index (χ3n) is 2.53. The van der Waals surface area contributed by atoms with E-state index in [0.29, 0.717) is 6.04 Å². The normalized spacial score (nSPS) is 12.7. The van der Waals surface area contributed by atoms with Crippen molar-refractivity contribution in [2.45, 2.75) is 26.3 Å². The number of hydrogen-bond acceptors (Lipinski definition) is 2. The molecule has 0 aliphatic carbocycles. The molecule has 2 N–H and O–H groups in total. The van der Waals surface area contributed by atoms with E-state index in [2.05, 4.69) is 54.8 Å². The Labute approximate surface area is 93.1 Å². The Morgan fingerprint density at radius 1 is 1.13 bits per heavy atom. The monoisotopic (exact) mass is 206 g/mol. The van der Waals surface area contributed by atoms with Crippen LogP contribution in [-0.2, 0) is 0 Å². The summed E-state index contributed by atoms with van der Waals surface area (Å²) in [6.45, 7) is 7.59. The largest absolute Gasteiger partial charge is 0.317 e. The maximum Gasteiger partial charge on any atom is 0.0291 e. The van der Waals surface area contributed by atoms with E-state index in [1.165, 1.54) is 12.0 Å². The fourth-order valence-electron chi connectivity index (χ4n) is 1.57. The summed E-state index contributed by atoms with van der Waals surface area (Å²) in [5.74, 6) is 0. The van der Waals surface area contributed by atoms with Gasteiger partial charge in [0, 0.05) is 6.04 Å². The van der Waals surface area contributed by atoms with Crippen molar-refractivity contribution in [3.05, 3.63) is 35.9 Å². The fraction of sp³-hybridized carbons (Fsp3) is 0.538. The molecule has 1 rings (SSSR count). The van der Waals surface area contributed by atoms with E-state index >= 15 is 0 Å². The minimum absolute atomic E-state index is 0.452. The van der Waals surface area contributed by atoms with Crippen LogP contribution >= 0.6 is 0 Å². The number of hydrogen-bond donors (Lipinski definition) is 2. The van der Waals surface area contributed by atoms with Crippen molar-refractivity contribution < 1.29 is 0 Å². The average molecular weight is 206 g/mol. The first-order valence-corrected chi connectivity index (χ1v) is 5.83. The third-order valence-corrected chi connectivity index (χ3v) is 2.53. The van der Waals surface area contributed by atoms with Crippen molar-refractivity contribution in [3.63, 3.8) is 0 Å². The molecule has 0 fully saturated rings. The van der Waals surface area contributed by atoms with Crippen LogP contribution in [0.2, 0.25) is 0 Å². The van der Waals surface area contributed by atoms with Gasteiger partial charge in [-0.3, -0.25) is 0 Å². The first-order valence-electron chi connectivity index (χ1n) is 5.83. The molecule has 0 spiro atoms. The summed E-state index contributed by atoms with van der Waals surface area (Å²) in [5, 5.41) is 6.84. The summed E-state index contributed by atoms with van der Waals surface area (Å²) in [6.07, 6.45) is 1.19. The number of benzene rings is 1. The molecule has 0 amide bonds. The lowest BCUT2D eigenvalue weighted by Gasteiger charge is -2.13. The molecule has 0 saturated heterocycles. The number of nitrogens with one attached hydrogen (secondary N) is 2. The van der Waals surface area contributed by atoms with Crippen LogP contribution in [0.5, 0.6) is 0 Å². The molecule has 1 aromatic rings. The molecule has 0 bridgehead atoms. The second kappa shape index (κ2) is 7.43. The van der Waals surface area contributed by atoms with Crippen molar-refractivity contribution in [3.8, 4) is 0 Å². The van der Waals surface area contributed by atoms with E-state index < -0.39 is 0 Å². The lowest BCUT2D eigenvalue weighted by Crippen LogP contribution is -2.24. The third kappa shape index (κ3) is 4.96. The van der Waals surface area contributed by atoms with Crippen molar-refractivity contribution in [2.75, 3.05) is 19.6 Å². The molecule has 0 aliphatic rings. The Bertz CT molecular complexity index is 246. The lowest BCUT2D eigenvalue weighted by molar-refractivity contribution is 0.542. The zero-order chi connectivity index (χ0) is 10.9. The topological polar surface area (TPSA) is 24.1 Å². The van der Waals surface area contributed by atoms with Gasteiger partial charge in [0.25, 0.3) is 0 Å². The molecule has 15 heavy (non-hydrogen) atoms. The summed E-state index contributed by atoms with van der Waals surface area (Å²) in [4.78, 5) is 0. The van der Waals surface area contributed by atoms with Gasteiger partial charge < -0.3 is 10.6 Å². The van der Waals surface area contributed by atoms with E-state index in [4.69, 9.17) is 0 Å². The van der Waals surface area contributed by atoms with Crippen LogP contribution in [-0.4, -0.2) is 19.6 Å². The zero-order valence-electron chi connectivity index (χ0n) is 9.79. The van der Waals surface area contributed by atoms with Gasteiger partial charge in [0.05, 0.1) is 0 Å². The van der Waals surface area contributed by atoms with E-state index in [1.54, 1.807) is 0 Å². The molecule has 1 unspecified atom stereocenters. The summed E-state index contributed by atoms with van der Waals surface area (Å²) in [5.41, 5.74) is 1.36. The van der Waals surface area contributed by atoms with Gasteiger partial charge in [-0.25, -0.2) is 0 Å². The summed E-state index contributed by atoms with van der Waals surface area (Å²) in [6, 6.07) is 11.0. The van der Waals surface area contributed by atoms with Crippen LogP contribution in [0.25, 0.3) is 0 Å². The minimum atomic E-state index is 0.452. The van der Waals surface area contributed by atoms with Gasteiger partial charge in [-0.05, 0) is 38.5 Å². The molecular weight excluding hydrogens is 184 g/mol. The SMILES string of the molecule is CCNCCCNC(C)c1ccccc1. The summed E-state index contributed by atoms with van der Waals surface area (Å²) in [7, 11) is 0. The van der Waals surface area contributed by atoms with Crippen LogP contribution in [0.4, 0.5) is 0 Å². The number of rotatable bonds is 7. The van der Waals surface area contributed by atoms with E-state index in [9.17, 15) is 0 Å². The van der Waals surface area contributed by atoms with Gasteiger partial charge in [0.15, 0.2) is 0 Å². The van der Waals surface area contributed by atoms with Crippen molar-refractivity contribution >= 4 is 0 Å².